The van der Waals surface area contributed by atoms with Crippen LogP contribution >= 0.6 is 0 Å². The van der Waals surface area contributed by atoms with Gasteiger partial charge in [0.15, 0.2) is 0 Å². The summed E-state index contributed by atoms with van der Waals surface area (Å²) < 4.78 is 2.13. The molecular weight excluding hydrogens is 248 g/mol. The average molecular weight is 266 g/mol. The molecule has 3 aromatic rings. The van der Waals surface area contributed by atoms with Crippen LogP contribution in [0.1, 0.15) is 24.4 Å². The van der Waals surface area contributed by atoms with Crippen molar-refractivity contribution in [1.29, 1.82) is 0 Å². The van der Waals surface area contributed by atoms with E-state index in [0.717, 1.165) is 35.3 Å². The zero-order valence-corrected chi connectivity index (χ0v) is 11.5. The van der Waals surface area contributed by atoms with Gasteiger partial charge in [-0.25, -0.2) is 4.98 Å². The van der Waals surface area contributed by atoms with Crippen LogP contribution in [0.3, 0.4) is 0 Å². The molecule has 0 saturated carbocycles. The highest BCUT2D eigenvalue weighted by molar-refractivity contribution is 5.79. The SMILES string of the molecule is CCn1ccnc1CC(N)c1ccc2ncccc2c1. The average Bonchev–Trinajstić information content (AvgIpc) is 2.94. The molecule has 0 saturated heterocycles. The summed E-state index contributed by atoms with van der Waals surface area (Å²) in [5, 5.41) is 1.12. The predicted octanol–water partition coefficient (Wildman–Crippen LogP) is 2.69. The van der Waals surface area contributed by atoms with E-state index in [1.54, 1.807) is 6.20 Å². The van der Waals surface area contributed by atoms with Crippen molar-refractivity contribution in [2.24, 2.45) is 5.73 Å². The standard InChI is InChI=1S/C16H18N4/c1-2-20-9-8-19-16(20)11-14(17)12-5-6-15-13(10-12)4-3-7-18-15/h3-10,14H,2,11,17H2,1H3. The van der Waals surface area contributed by atoms with Gasteiger partial charge in [0, 0.05) is 43.0 Å². The Morgan fingerprint density at radius 2 is 2.10 bits per heavy atom. The third-order valence-electron chi connectivity index (χ3n) is 3.60. The van der Waals surface area contributed by atoms with Crippen molar-refractivity contribution < 1.29 is 0 Å². The monoisotopic (exact) mass is 266 g/mol. The van der Waals surface area contributed by atoms with E-state index in [1.807, 2.05) is 24.5 Å². The first kappa shape index (κ1) is 12.8. The van der Waals surface area contributed by atoms with Gasteiger partial charge >= 0.3 is 0 Å². The Morgan fingerprint density at radius 3 is 2.95 bits per heavy atom. The summed E-state index contributed by atoms with van der Waals surface area (Å²) in [4.78, 5) is 8.71. The smallest absolute Gasteiger partial charge is 0.110 e. The van der Waals surface area contributed by atoms with Crippen LogP contribution in [0.15, 0.2) is 48.9 Å². The second kappa shape index (κ2) is 5.43. The number of rotatable bonds is 4. The summed E-state index contributed by atoms with van der Waals surface area (Å²) in [5.74, 6) is 1.03. The molecule has 3 rings (SSSR count). The maximum absolute atomic E-state index is 6.33. The fourth-order valence-electron chi connectivity index (χ4n) is 2.46. The molecule has 2 aromatic heterocycles. The van der Waals surface area contributed by atoms with E-state index >= 15 is 0 Å². The molecule has 0 aliphatic rings. The van der Waals surface area contributed by atoms with E-state index in [0.29, 0.717) is 0 Å². The van der Waals surface area contributed by atoms with E-state index in [-0.39, 0.29) is 6.04 Å². The Morgan fingerprint density at radius 1 is 1.20 bits per heavy atom. The van der Waals surface area contributed by atoms with Crippen molar-refractivity contribution in [3.05, 3.63) is 60.3 Å². The van der Waals surface area contributed by atoms with Gasteiger partial charge in [-0.15, -0.1) is 0 Å². The van der Waals surface area contributed by atoms with Gasteiger partial charge in [-0.1, -0.05) is 12.1 Å². The van der Waals surface area contributed by atoms with Crippen LogP contribution in [-0.2, 0) is 13.0 Å². The summed E-state index contributed by atoms with van der Waals surface area (Å²) in [6.07, 6.45) is 6.37. The summed E-state index contributed by atoms with van der Waals surface area (Å²) in [6.45, 7) is 3.03. The zero-order valence-electron chi connectivity index (χ0n) is 11.5. The highest BCUT2D eigenvalue weighted by Gasteiger charge is 2.11. The molecule has 102 valence electrons. The molecular formula is C16H18N4. The molecule has 0 aliphatic carbocycles. The molecule has 2 heterocycles. The number of hydrogen-bond donors (Lipinski definition) is 1. The Balaban J connectivity index is 1.86. The van der Waals surface area contributed by atoms with Gasteiger partial charge in [-0.2, -0.15) is 0 Å². The minimum atomic E-state index is -0.0488. The van der Waals surface area contributed by atoms with Gasteiger partial charge in [0.05, 0.1) is 5.52 Å². The fourth-order valence-corrected chi connectivity index (χ4v) is 2.46. The normalized spacial score (nSPS) is 12.7. The number of nitrogens with two attached hydrogens (primary N) is 1. The number of aryl methyl sites for hydroxylation is 1. The van der Waals surface area contributed by atoms with Gasteiger partial charge in [0.1, 0.15) is 5.82 Å². The van der Waals surface area contributed by atoms with E-state index in [4.69, 9.17) is 5.73 Å². The second-order valence-electron chi connectivity index (χ2n) is 4.90. The number of nitrogens with zero attached hydrogens (tertiary/aromatic N) is 3. The van der Waals surface area contributed by atoms with Crippen molar-refractivity contribution in [1.82, 2.24) is 14.5 Å². The van der Waals surface area contributed by atoms with E-state index < -0.39 is 0 Å². The van der Waals surface area contributed by atoms with Gasteiger partial charge in [-0.3, -0.25) is 4.98 Å². The molecule has 0 spiro atoms. The van der Waals surface area contributed by atoms with Gasteiger partial charge in [-0.05, 0) is 30.7 Å². The van der Waals surface area contributed by atoms with E-state index in [2.05, 4.69) is 39.7 Å². The summed E-state index contributed by atoms with van der Waals surface area (Å²) >= 11 is 0. The van der Waals surface area contributed by atoms with Crippen molar-refractivity contribution in [3.8, 4) is 0 Å². The first-order valence-electron chi connectivity index (χ1n) is 6.88. The first-order chi connectivity index (χ1) is 9.78. The molecule has 1 atom stereocenters. The summed E-state index contributed by atoms with van der Waals surface area (Å²) in [7, 11) is 0. The highest BCUT2D eigenvalue weighted by atomic mass is 15.1. The molecule has 0 aliphatic heterocycles. The molecule has 2 N–H and O–H groups in total. The lowest BCUT2D eigenvalue weighted by atomic mass is 10.0. The molecule has 0 bridgehead atoms. The molecule has 4 nitrogen and oxygen atoms in total. The van der Waals surface area contributed by atoms with E-state index in [9.17, 15) is 0 Å². The van der Waals surface area contributed by atoms with Crippen LogP contribution in [0.2, 0.25) is 0 Å². The Hall–Kier alpha value is -2.20. The molecule has 4 heteroatoms. The van der Waals surface area contributed by atoms with Crippen LogP contribution in [0.5, 0.6) is 0 Å². The second-order valence-corrected chi connectivity index (χ2v) is 4.90. The highest BCUT2D eigenvalue weighted by Crippen LogP contribution is 2.20. The fraction of sp³-hybridized carbons (Fsp3) is 0.250. The Bertz CT molecular complexity index is 717. The quantitative estimate of drug-likeness (QED) is 0.790. The van der Waals surface area contributed by atoms with E-state index in [1.165, 1.54) is 0 Å². The number of hydrogen-bond acceptors (Lipinski definition) is 3. The van der Waals surface area contributed by atoms with Crippen LogP contribution in [0.25, 0.3) is 10.9 Å². The minimum Gasteiger partial charge on any atom is -0.335 e. The largest absolute Gasteiger partial charge is 0.335 e. The van der Waals surface area contributed by atoms with Gasteiger partial charge in [0.2, 0.25) is 0 Å². The number of aromatic nitrogens is 3. The van der Waals surface area contributed by atoms with Crippen LogP contribution in [0.4, 0.5) is 0 Å². The van der Waals surface area contributed by atoms with Crippen molar-refractivity contribution in [3.63, 3.8) is 0 Å². The lowest BCUT2D eigenvalue weighted by molar-refractivity contribution is 0.628. The molecule has 20 heavy (non-hydrogen) atoms. The number of imidazole rings is 1. The lowest BCUT2D eigenvalue weighted by Crippen LogP contribution is -2.16. The number of pyridine rings is 1. The Kier molecular flexibility index (Phi) is 3.48. The first-order valence-corrected chi connectivity index (χ1v) is 6.88. The molecule has 1 unspecified atom stereocenters. The molecule has 0 fully saturated rings. The molecule has 0 amide bonds. The third-order valence-corrected chi connectivity index (χ3v) is 3.60. The van der Waals surface area contributed by atoms with Crippen LogP contribution in [-0.4, -0.2) is 14.5 Å². The minimum absolute atomic E-state index is 0.0488. The van der Waals surface area contributed by atoms with Crippen molar-refractivity contribution >= 4 is 10.9 Å². The molecule has 0 radical (unpaired) electrons. The number of benzene rings is 1. The topological polar surface area (TPSA) is 56.7 Å². The maximum Gasteiger partial charge on any atom is 0.110 e. The van der Waals surface area contributed by atoms with Gasteiger partial charge < -0.3 is 10.3 Å². The Labute approximate surface area is 118 Å². The number of fused-ring (bicyclic) bond motifs is 1. The summed E-state index contributed by atoms with van der Waals surface area (Å²) in [6, 6.07) is 10.2. The maximum atomic E-state index is 6.33. The van der Waals surface area contributed by atoms with Crippen LogP contribution < -0.4 is 5.73 Å². The van der Waals surface area contributed by atoms with Gasteiger partial charge in [0.25, 0.3) is 0 Å². The van der Waals surface area contributed by atoms with Crippen LogP contribution in [0, 0.1) is 0 Å². The van der Waals surface area contributed by atoms with Crippen molar-refractivity contribution in [2.75, 3.05) is 0 Å². The molecule has 1 aromatic carbocycles. The van der Waals surface area contributed by atoms with Crippen molar-refractivity contribution in [2.45, 2.75) is 25.9 Å². The third kappa shape index (κ3) is 2.42. The predicted molar refractivity (Wildman–Crippen MR) is 80.3 cm³/mol. The summed E-state index contributed by atoms with van der Waals surface area (Å²) in [5.41, 5.74) is 8.45. The lowest BCUT2D eigenvalue weighted by Gasteiger charge is -2.13. The zero-order chi connectivity index (χ0) is 13.9.